The van der Waals surface area contributed by atoms with Gasteiger partial charge in [0.1, 0.15) is 35.7 Å². The van der Waals surface area contributed by atoms with Crippen molar-refractivity contribution in [1.82, 2.24) is 19.9 Å². The first-order chi connectivity index (χ1) is 19.6. The zero-order chi connectivity index (χ0) is 27.5. The second kappa shape index (κ2) is 11.0. The van der Waals surface area contributed by atoms with Crippen molar-refractivity contribution < 1.29 is 14.3 Å². The van der Waals surface area contributed by atoms with Gasteiger partial charge in [0.25, 0.3) is 0 Å². The number of anilines is 1. The number of aromatic nitrogens is 3. The molecule has 0 aliphatic carbocycles. The zero-order valence-electron chi connectivity index (χ0n) is 21.8. The van der Waals surface area contributed by atoms with Gasteiger partial charge in [-0.15, -0.1) is 0 Å². The third kappa shape index (κ3) is 5.05. The Labute approximate surface area is 231 Å². The number of carbonyl (C=O) groups excluding carboxylic acids is 1. The number of likely N-dealkylation sites (tertiary alicyclic amines) is 1. The summed E-state index contributed by atoms with van der Waals surface area (Å²) in [5.74, 6) is 0.998. The fourth-order valence-corrected chi connectivity index (χ4v) is 5.23. The van der Waals surface area contributed by atoms with Crippen LogP contribution in [-0.4, -0.2) is 71.3 Å². The van der Waals surface area contributed by atoms with Gasteiger partial charge in [0.05, 0.1) is 31.4 Å². The third-order valence-electron chi connectivity index (χ3n) is 7.33. The molecule has 2 fully saturated rings. The summed E-state index contributed by atoms with van der Waals surface area (Å²) >= 11 is 0. The molecule has 2 aromatic heterocycles. The molecular formula is C30H27N7O3. The highest BCUT2D eigenvalue weighted by Crippen LogP contribution is 2.33. The van der Waals surface area contributed by atoms with Crippen LogP contribution in [0.5, 0.6) is 5.75 Å². The Morgan fingerprint density at radius 1 is 1.07 bits per heavy atom. The summed E-state index contributed by atoms with van der Waals surface area (Å²) in [7, 11) is 0. The maximum Gasteiger partial charge on any atom is 0.236 e. The van der Waals surface area contributed by atoms with Gasteiger partial charge in [-0.3, -0.25) is 4.79 Å². The molecule has 1 atom stereocenters. The first kappa shape index (κ1) is 25.4. The molecule has 0 spiro atoms. The largest absolute Gasteiger partial charge is 0.487 e. The molecule has 4 heterocycles. The van der Waals surface area contributed by atoms with Crippen molar-refractivity contribution in [2.45, 2.75) is 18.9 Å². The average Bonchev–Trinajstić information content (AvgIpc) is 3.66. The summed E-state index contributed by atoms with van der Waals surface area (Å²) in [6, 6.07) is 19.8. The first-order valence-corrected chi connectivity index (χ1v) is 13.3. The van der Waals surface area contributed by atoms with Gasteiger partial charge < -0.3 is 24.3 Å². The van der Waals surface area contributed by atoms with E-state index >= 15 is 0 Å². The Hall–Kier alpha value is -4.93. The minimum absolute atomic E-state index is 0.139. The highest BCUT2D eigenvalue weighted by atomic mass is 16.5. The summed E-state index contributed by atoms with van der Waals surface area (Å²) < 4.78 is 11.6. The van der Waals surface area contributed by atoms with Crippen LogP contribution in [0.15, 0.2) is 54.7 Å². The number of amides is 1. The zero-order valence-corrected chi connectivity index (χ0v) is 21.8. The number of nitriles is 2. The number of aromatic amines is 1. The standard InChI is InChI=1S/C30H27N7O3/c31-10-7-27(38)37-12-9-24(19-37)40-26-6-3-21(17-22(26)18-32)25-8-11-33-30-28(25)34-29(35-30)20-1-4-23(5-2-20)36-13-15-39-16-14-36/h1-6,8,11,17,24H,7,9,12-16,19H2,(H,33,34,35)/t24-/m1/s1. The van der Waals surface area contributed by atoms with Crippen LogP contribution in [-0.2, 0) is 9.53 Å². The van der Waals surface area contributed by atoms with Crippen molar-refractivity contribution in [1.29, 1.82) is 10.5 Å². The van der Waals surface area contributed by atoms with Gasteiger partial charge >= 0.3 is 0 Å². The molecule has 10 nitrogen and oxygen atoms in total. The molecule has 0 bridgehead atoms. The van der Waals surface area contributed by atoms with Crippen LogP contribution in [0.2, 0.25) is 0 Å². The quantitative estimate of drug-likeness (QED) is 0.395. The number of nitrogens with one attached hydrogen (secondary N) is 1. The van der Waals surface area contributed by atoms with Gasteiger partial charge in [0.2, 0.25) is 5.91 Å². The first-order valence-electron chi connectivity index (χ1n) is 13.3. The van der Waals surface area contributed by atoms with Gasteiger partial charge in [-0.2, -0.15) is 10.5 Å². The molecule has 0 unspecified atom stereocenters. The number of carbonyl (C=O) groups is 1. The van der Waals surface area contributed by atoms with E-state index in [1.165, 1.54) is 0 Å². The fourth-order valence-electron chi connectivity index (χ4n) is 5.23. The molecular weight excluding hydrogens is 506 g/mol. The van der Waals surface area contributed by atoms with Crippen molar-refractivity contribution >= 4 is 22.8 Å². The molecule has 2 saturated heterocycles. The molecule has 0 radical (unpaired) electrons. The molecule has 6 rings (SSSR count). The van der Waals surface area contributed by atoms with E-state index in [9.17, 15) is 10.1 Å². The van der Waals surface area contributed by atoms with Crippen LogP contribution < -0.4 is 9.64 Å². The van der Waals surface area contributed by atoms with Gasteiger partial charge in [-0.1, -0.05) is 6.07 Å². The number of rotatable bonds is 6. The van der Waals surface area contributed by atoms with Gasteiger partial charge in [0, 0.05) is 49.1 Å². The van der Waals surface area contributed by atoms with Gasteiger partial charge in [0.15, 0.2) is 5.65 Å². The minimum atomic E-state index is -0.225. The number of hydrogen-bond donors (Lipinski definition) is 1. The molecule has 2 aliphatic heterocycles. The maximum absolute atomic E-state index is 12.0. The average molecular weight is 534 g/mol. The molecule has 200 valence electrons. The van der Waals surface area contributed by atoms with E-state index in [1.807, 2.05) is 18.2 Å². The second-order valence-electron chi connectivity index (χ2n) is 9.81. The Kier molecular flexibility index (Phi) is 7.00. The third-order valence-corrected chi connectivity index (χ3v) is 7.33. The number of hydrogen-bond acceptors (Lipinski definition) is 8. The Bertz CT molecular complexity index is 1630. The Morgan fingerprint density at radius 2 is 1.88 bits per heavy atom. The summed E-state index contributed by atoms with van der Waals surface area (Å²) in [5.41, 5.74) is 5.59. The van der Waals surface area contributed by atoms with Crippen molar-refractivity contribution in [3.63, 3.8) is 0 Å². The van der Waals surface area contributed by atoms with Crippen LogP contribution in [0.4, 0.5) is 5.69 Å². The fraction of sp³-hybridized carbons (Fsp3) is 0.300. The molecule has 2 aliphatic rings. The van der Waals surface area contributed by atoms with Gasteiger partial charge in [-0.25, -0.2) is 9.97 Å². The monoisotopic (exact) mass is 533 g/mol. The predicted molar refractivity (Wildman–Crippen MR) is 148 cm³/mol. The maximum atomic E-state index is 12.0. The number of benzene rings is 2. The van der Waals surface area contributed by atoms with Crippen LogP contribution in [0.25, 0.3) is 33.7 Å². The molecule has 1 N–H and O–H groups in total. The van der Waals surface area contributed by atoms with E-state index < -0.39 is 0 Å². The summed E-state index contributed by atoms with van der Waals surface area (Å²) in [6.45, 7) is 4.19. The molecule has 0 saturated carbocycles. The lowest BCUT2D eigenvalue weighted by Crippen LogP contribution is -2.36. The number of ether oxygens (including phenoxy) is 2. The SMILES string of the molecule is N#CCC(=O)N1CC[C@@H](Oc2ccc(-c3ccnc4[nH]c(-c5ccc(N6CCOCC6)cc5)nc34)cc2C#N)C1. The van der Waals surface area contributed by atoms with E-state index in [2.05, 4.69) is 45.2 Å². The second-order valence-corrected chi connectivity index (χ2v) is 9.81. The normalized spacial score (nSPS) is 17.0. The molecule has 1 amide bonds. The van der Waals surface area contributed by atoms with E-state index in [1.54, 1.807) is 23.2 Å². The van der Waals surface area contributed by atoms with E-state index in [0.717, 1.165) is 60.0 Å². The van der Waals surface area contributed by atoms with E-state index in [0.29, 0.717) is 36.5 Å². The van der Waals surface area contributed by atoms with Crippen LogP contribution in [0.1, 0.15) is 18.4 Å². The predicted octanol–water partition coefficient (Wildman–Crippen LogP) is 3.89. The highest BCUT2D eigenvalue weighted by molar-refractivity contribution is 5.92. The van der Waals surface area contributed by atoms with Crippen molar-refractivity contribution in [2.75, 3.05) is 44.3 Å². The lowest BCUT2D eigenvalue weighted by atomic mass is 10.0. The topological polar surface area (TPSA) is 131 Å². The smallest absolute Gasteiger partial charge is 0.236 e. The van der Waals surface area contributed by atoms with Crippen LogP contribution >= 0.6 is 0 Å². The van der Waals surface area contributed by atoms with Crippen LogP contribution in [0, 0.1) is 22.7 Å². The number of morpholine rings is 1. The number of fused-ring (bicyclic) bond motifs is 1. The lowest BCUT2D eigenvalue weighted by molar-refractivity contribution is -0.129. The van der Waals surface area contributed by atoms with E-state index in [4.69, 9.17) is 19.7 Å². The molecule has 2 aromatic carbocycles. The Balaban J connectivity index is 1.23. The van der Waals surface area contributed by atoms with Crippen molar-refractivity contribution in [3.05, 3.63) is 60.3 Å². The van der Waals surface area contributed by atoms with E-state index in [-0.39, 0.29) is 18.4 Å². The lowest BCUT2D eigenvalue weighted by Gasteiger charge is -2.28. The number of pyridine rings is 1. The summed E-state index contributed by atoms with van der Waals surface area (Å²) in [4.78, 5) is 28.7. The summed E-state index contributed by atoms with van der Waals surface area (Å²) in [6.07, 6.45) is 2.01. The van der Waals surface area contributed by atoms with Gasteiger partial charge in [-0.05, 0) is 48.0 Å². The van der Waals surface area contributed by atoms with Crippen molar-refractivity contribution in [2.24, 2.45) is 0 Å². The molecule has 4 aromatic rings. The molecule has 40 heavy (non-hydrogen) atoms. The Morgan fingerprint density at radius 3 is 2.65 bits per heavy atom. The summed E-state index contributed by atoms with van der Waals surface area (Å²) in [5, 5.41) is 18.7. The number of nitrogens with zero attached hydrogens (tertiary/aromatic N) is 6. The van der Waals surface area contributed by atoms with Crippen molar-refractivity contribution in [3.8, 4) is 40.4 Å². The molecule has 10 heteroatoms. The number of imidazole rings is 1. The minimum Gasteiger partial charge on any atom is -0.487 e. The van der Waals surface area contributed by atoms with Crippen LogP contribution in [0.3, 0.4) is 0 Å². The highest BCUT2D eigenvalue weighted by Gasteiger charge is 2.28. The number of H-pyrrole nitrogens is 1.